The van der Waals surface area contributed by atoms with E-state index in [1.807, 2.05) is 24.3 Å². The highest BCUT2D eigenvalue weighted by Crippen LogP contribution is 2.34. The van der Waals surface area contributed by atoms with E-state index in [1.54, 1.807) is 30.5 Å². The summed E-state index contributed by atoms with van der Waals surface area (Å²) in [5, 5.41) is 5.76. The van der Waals surface area contributed by atoms with E-state index in [0.717, 1.165) is 24.4 Å². The second-order valence-electron chi connectivity index (χ2n) is 6.78. The molecule has 3 aromatic rings. The third-order valence-corrected chi connectivity index (χ3v) is 5.15. The summed E-state index contributed by atoms with van der Waals surface area (Å²) in [5.41, 5.74) is 2.84. The van der Waals surface area contributed by atoms with Crippen molar-refractivity contribution < 1.29 is 14.0 Å². The highest BCUT2D eigenvalue weighted by atomic mass is 35.5. The number of carbonyl (C=O) groups excluding carboxylic acids is 2. The van der Waals surface area contributed by atoms with Gasteiger partial charge in [-0.05, 0) is 48.4 Å². The molecule has 6 nitrogen and oxygen atoms in total. The first-order chi connectivity index (χ1) is 14.1. The van der Waals surface area contributed by atoms with E-state index in [-0.39, 0.29) is 12.6 Å². The Hall–Kier alpha value is -3.25. The quantitative estimate of drug-likeness (QED) is 0.629. The fourth-order valence-electron chi connectivity index (χ4n) is 3.56. The number of carbonyl (C=O) groups is 2. The minimum atomic E-state index is -0.743. The number of nitrogens with one attached hydrogen (secondary N) is 2. The average Bonchev–Trinajstić information content (AvgIpc) is 3.39. The molecule has 4 rings (SSSR count). The van der Waals surface area contributed by atoms with Gasteiger partial charge in [0.1, 0.15) is 11.8 Å². The molecule has 29 heavy (non-hydrogen) atoms. The maximum Gasteiger partial charge on any atom is 0.313 e. The lowest BCUT2D eigenvalue weighted by molar-refractivity contribution is -0.136. The summed E-state index contributed by atoms with van der Waals surface area (Å²) in [6.07, 6.45) is 2.54. The van der Waals surface area contributed by atoms with Gasteiger partial charge in [0.15, 0.2) is 0 Å². The summed E-state index contributed by atoms with van der Waals surface area (Å²) >= 11 is 5.91. The number of nitrogens with zero attached hydrogens (tertiary/aromatic N) is 1. The fourth-order valence-corrected chi connectivity index (χ4v) is 3.75. The van der Waals surface area contributed by atoms with E-state index < -0.39 is 11.8 Å². The Kier molecular flexibility index (Phi) is 5.53. The van der Waals surface area contributed by atoms with Crippen molar-refractivity contribution in [2.45, 2.75) is 12.5 Å². The number of benzene rings is 2. The molecule has 7 heteroatoms. The molecule has 0 spiro atoms. The molecule has 0 radical (unpaired) electrons. The molecule has 0 saturated carbocycles. The van der Waals surface area contributed by atoms with Crippen LogP contribution in [-0.4, -0.2) is 24.9 Å². The van der Waals surface area contributed by atoms with Crippen molar-refractivity contribution in [3.8, 4) is 0 Å². The molecule has 1 aliphatic rings. The number of amides is 2. The number of anilines is 2. The monoisotopic (exact) mass is 409 g/mol. The third kappa shape index (κ3) is 4.27. The smallest absolute Gasteiger partial charge is 0.313 e. The highest BCUT2D eigenvalue weighted by molar-refractivity contribution is 6.39. The minimum Gasteiger partial charge on any atom is -0.467 e. The summed E-state index contributed by atoms with van der Waals surface area (Å²) in [6.45, 7) is 1.05. The number of halogens is 1. The predicted octanol–water partition coefficient (Wildman–Crippen LogP) is 3.79. The van der Waals surface area contributed by atoms with Gasteiger partial charge in [0.2, 0.25) is 0 Å². The molecule has 0 bridgehead atoms. The number of rotatable bonds is 5. The number of fused-ring (bicyclic) bond motifs is 1. The summed E-state index contributed by atoms with van der Waals surface area (Å²) in [4.78, 5) is 26.8. The second kappa shape index (κ2) is 8.41. The van der Waals surface area contributed by atoms with Crippen LogP contribution < -0.4 is 15.5 Å². The molecule has 0 saturated heterocycles. The van der Waals surface area contributed by atoms with E-state index >= 15 is 0 Å². The molecule has 0 fully saturated rings. The Morgan fingerprint density at radius 1 is 1.07 bits per heavy atom. The zero-order chi connectivity index (χ0) is 20.2. The van der Waals surface area contributed by atoms with Gasteiger partial charge in [0.05, 0.1) is 6.26 Å². The lowest BCUT2D eigenvalue weighted by Gasteiger charge is -2.29. The molecule has 1 aliphatic heterocycles. The van der Waals surface area contributed by atoms with Crippen molar-refractivity contribution in [3.05, 3.63) is 83.3 Å². The van der Waals surface area contributed by atoms with Crippen molar-refractivity contribution >= 4 is 34.8 Å². The van der Waals surface area contributed by atoms with Gasteiger partial charge in [-0.2, -0.15) is 0 Å². The van der Waals surface area contributed by atoms with Crippen LogP contribution in [0.5, 0.6) is 0 Å². The van der Waals surface area contributed by atoms with E-state index in [1.165, 1.54) is 5.56 Å². The van der Waals surface area contributed by atoms with E-state index in [2.05, 4.69) is 27.7 Å². The lowest BCUT2D eigenvalue weighted by Crippen LogP contribution is -2.41. The van der Waals surface area contributed by atoms with Gasteiger partial charge in [0, 0.05) is 29.5 Å². The molecule has 1 aromatic heterocycles. The zero-order valence-electron chi connectivity index (χ0n) is 15.6. The van der Waals surface area contributed by atoms with Crippen LogP contribution in [0.2, 0.25) is 5.02 Å². The largest absolute Gasteiger partial charge is 0.467 e. The average molecular weight is 410 g/mol. The molecular weight excluding hydrogens is 390 g/mol. The predicted molar refractivity (Wildman–Crippen MR) is 112 cm³/mol. The maximum absolute atomic E-state index is 12.4. The van der Waals surface area contributed by atoms with Gasteiger partial charge in [0.25, 0.3) is 0 Å². The Morgan fingerprint density at radius 2 is 1.93 bits per heavy atom. The Labute approximate surface area is 173 Å². The molecule has 2 N–H and O–H groups in total. The van der Waals surface area contributed by atoms with Crippen LogP contribution >= 0.6 is 11.6 Å². The SMILES string of the molecule is O=C(NC[C@H](c1ccco1)N1CCc2ccccc21)C(=O)Nc1cccc(Cl)c1. The van der Waals surface area contributed by atoms with Gasteiger partial charge < -0.3 is 20.0 Å². The van der Waals surface area contributed by atoms with Crippen molar-refractivity contribution in [2.75, 3.05) is 23.3 Å². The van der Waals surface area contributed by atoms with E-state index in [0.29, 0.717) is 10.7 Å². The van der Waals surface area contributed by atoms with Crippen LogP contribution in [0.25, 0.3) is 0 Å². The van der Waals surface area contributed by atoms with Crippen LogP contribution in [-0.2, 0) is 16.0 Å². The Bertz CT molecular complexity index is 1020. The minimum absolute atomic E-state index is 0.212. The first kappa shape index (κ1) is 19.1. The van der Waals surface area contributed by atoms with Crippen LogP contribution in [0.4, 0.5) is 11.4 Å². The summed E-state index contributed by atoms with van der Waals surface area (Å²) < 4.78 is 5.62. The van der Waals surface area contributed by atoms with Gasteiger partial charge in [-0.3, -0.25) is 9.59 Å². The van der Waals surface area contributed by atoms with Crippen LogP contribution in [0.15, 0.2) is 71.3 Å². The van der Waals surface area contributed by atoms with E-state index in [9.17, 15) is 9.59 Å². The van der Waals surface area contributed by atoms with Crippen molar-refractivity contribution in [3.63, 3.8) is 0 Å². The van der Waals surface area contributed by atoms with E-state index in [4.69, 9.17) is 16.0 Å². The molecule has 148 valence electrons. The normalized spacial score (nSPS) is 13.6. The van der Waals surface area contributed by atoms with Gasteiger partial charge >= 0.3 is 11.8 Å². The molecule has 2 heterocycles. The maximum atomic E-state index is 12.4. The van der Waals surface area contributed by atoms with Crippen molar-refractivity contribution in [1.82, 2.24) is 5.32 Å². The van der Waals surface area contributed by atoms with Crippen LogP contribution in [0, 0.1) is 0 Å². The molecular formula is C22H20ClN3O3. The highest BCUT2D eigenvalue weighted by Gasteiger charge is 2.29. The Balaban J connectivity index is 1.45. The number of para-hydroxylation sites is 1. The number of hydrogen-bond donors (Lipinski definition) is 2. The summed E-state index contributed by atoms with van der Waals surface area (Å²) in [5.74, 6) is -0.724. The molecule has 0 unspecified atom stereocenters. The number of furan rings is 1. The molecule has 0 aliphatic carbocycles. The van der Waals surface area contributed by atoms with Crippen molar-refractivity contribution in [2.24, 2.45) is 0 Å². The number of hydrogen-bond acceptors (Lipinski definition) is 4. The first-order valence-electron chi connectivity index (χ1n) is 9.34. The standard InChI is InChI=1S/C22H20ClN3O3/c23-16-6-3-7-17(13-16)25-22(28)21(27)24-14-19(20-9-4-12-29-20)26-11-10-15-5-1-2-8-18(15)26/h1-9,12-13,19H,10-11,14H2,(H,24,27)(H,25,28)/t19-/m1/s1. The first-order valence-corrected chi connectivity index (χ1v) is 9.72. The fraction of sp³-hybridized carbons (Fsp3) is 0.182. The molecule has 2 aromatic carbocycles. The molecule has 1 atom stereocenters. The summed E-state index contributed by atoms with van der Waals surface area (Å²) in [6, 6.07) is 18.3. The summed E-state index contributed by atoms with van der Waals surface area (Å²) in [7, 11) is 0. The molecule has 2 amide bonds. The van der Waals surface area contributed by atoms with Gasteiger partial charge in [-0.25, -0.2) is 0 Å². The second-order valence-corrected chi connectivity index (χ2v) is 7.21. The zero-order valence-corrected chi connectivity index (χ0v) is 16.4. The van der Waals surface area contributed by atoms with Crippen LogP contribution in [0.1, 0.15) is 17.4 Å². The lowest BCUT2D eigenvalue weighted by atomic mass is 10.1. The Morgan fingerprint density at radius 3 is 2.72 bits per heavy atom. The topological polar surface area (TPSA) is 74.6 Å². The van der Waals surface area contributed by atoms with Crippen molar-refractivity contribution in [1.29, 1.82) is 0 Å². The van der Waals surface area contributed by atoms with Gasteiger partial charge in [-0.1, -0.05) is 35.9 Å². The van der Waals surface area contributed by atoms with Gasteiger partial charge in [-0.15, -0.1) is 0 Å². The van der Waals surface area contributed by atoms with Crippen LogP contribution in [0.3, 0.4) is 0 Å². The third-order valence-electron chi connectivity index (χ3n) is 4.92.